The van der Waals surface area contributed by atoms with Crippen molar-refractivity contribution in [1.29, 1.82) is 5.53 Å². The zero-order valence-electron chi connectivity index (χ0n) is 7.82. The first kappa shape index (κ1) is 11.1. The molecule has 1 rings (SSSR count). The van der Waals surface area contributed by atoms with Gasteiger partial charge in [-0.15, -0.1) is 0 Å². The van der Waals surface area contributed by atoms with Gasteiger partial charge < -0.3 is 10.4 Å². The summed E-state index contributed by atoms with van der Waals surface area (Å²) in [5.74, 6) is -2.24. The van der Waals surface area contributed by atoms with Gasteiger partial charge in [0.25, 0.3) is 5.78 Å². The molecule has 0 aromatic heterocycles. The van der Waals surface area contributed by atoms with Crippen LogP contribution in [0.1, 0.15) is 19.3 Å². The summed E-state index contributed by atoms with van der Waals surface area (Å²) in [6.07, 6.45) is 0.736. The van der Waals surface area contributed by atoms with Gasteiger partial charge in [-0.1, -0.05) is 0 Å². The van der Waals surface area contributed by atoms with Gasteiger partial charge in [-0.25, -0.2) is 4.79 Å². The Hall–Kier alpha value is -2.01. The summed E-state index contributed by atoms with van der Waals surface area (Å²) in [6, 6.07) is -0.0535. The SMILES string of the molecule is N=[N+]=C(C(=O)O)C(=O)CCC1CC(=O)N1. The van der Waals surface area contributed by atoms with Crippen LogP contribution in [-0.2, 0) is 14.4 Å². The molecule has 7 heteroatoms. The Morgan fingerprint density at radius 1 is 1.60 bits per heavy atom. The number of ketones is 1. The largest absolute Gasteiger partial charge is 0.490 e. The van der Waals surface area contributed by atoms with Crippen LogP contribution in [0.5, 0.6) is 0 Å². The third kappa shape index (κ3) is 2.72. The molecule has 0 bridgehead atoms. The van der Waals surface area contributed by atoms with Crippen LogP contribution in [-0.4, -0.2) is 39.3 Å². The second-order valence-corrected chi connectivity index (χ2v) is 3.20. The fraction of sp³-hybridized carbons (Fsp3) is 0.500. The molecule has 0 aliphatic carbocycles. The van der Waals surface area contributed by atoms with E-state index in [9.17, 15) is 14.4 Å². The van der Waals surface area contributed by atoms with Gasteiger partial charge in [-0.05, 0) is 6.42 Å². The van der Waals surface area contributed by atoms with Gasteiger partial charge in [-0.2, -0.15) is 0 Å². The van der Waals surface area contributed by atoms with E-state index in [-0.39, 0.29) is 18.4 Å². The van der Waals surface area contributed by atoms with Gasteiger partial charge in [0, 0.05) is 18.9 Å². The summed E-state index contributed by atoms with van der Waals surface area (Å²) in [5, 5.41) is 11.0. The molecule has 0 saturated carbocycles. The summed E-state index contributed by atoms with van der Waals surface area (Å²) >= 11 is 0. The third-order valence-electron chi connectivity index (χ3n) is 2.10. The first-order valence-electron chi connectivity index (χ1n) is 4.35. The molecule has 3 N–H and O–H groups in total. The molecule has 1 atom stereocenters. The average molecular weight is 212 g/mol. The maximum Gasteiger partial charge on any atom is 0.490 e. The normalized spacial score (nSPS) is 18.4. The molecule has 1 amide bonds. The van der Waals surface area contributed by atoms with Crippen LogP contribution in [0.4, 0.5) is 0 Å². The lowest BCUT2D eigenvalue weighted by molar-refractivity contribution is -0.153. The molecule has 0 spiro atoms. The number of carbonyl (C=O) groups excluding carboxylic acids is 2. The molecule has 0 aromatic carbocycles. The Balaban J connectivity index is 2.39. The molecule has 15 heavy (non-hydrogen) atoms. The van der Waals surface area contributed by atoms with E-state index in [0.29, 0.717) is 12.8 Å². The molecule has 0 aromatic rings. The monoisotopic (exact) mass is 212 g/mol. The summed E-state index contributed by atoms with van der Waals surface area (Å²) in [7, 11) is 0. The topological polar surface area (TPSA) is 121 Å². The highest BCUT2D eigenvalue weighted by molar-refractivity contribution is 6.61. The fourth-order valence-corrected chi connectivity index (χ4v) is 1.26. The number of nitrogens with zero attached hydrogens (tertiary/aromatic N) is 1. The van der Waals surface area contributed by atoms with E-state index in [4.69, 9.17) is 10.6 Å². The summed E-state index contributed by atoms with van der Waals surface area (Å²) < 4.78 is 0. The lowest BCUT2D eigenvalue weighted by Crippen LogP contribution is -2.48. The van der Waals surface area contributed by atoms with Gasteiger partial charge in [0.15, 0.2) is 0 Å². The van der Waals surface area contributed by atoms with E-state index in [1.807, 2.05) is 0 Å². The van der Waals surface area contributed by atoms with Gasteiger partial charge >= 0.3 is 11.7 Å². The number of aliphatic carboxylic acids is 1. The Morgan fingerprint density at radius 2 is 2.20 bits per heavy atom. The molecular formula is C8H10N3O4+. The lowest BCUT2D eigenvalue weighted by Gasteiger charge is -2.25. The quantitative estimate of drug-likeness (QED) is 0.178. The van der Waals surface area contributed by atoms with Gasteiger partial charge in [0.05, 0.1) is 10.3 Å². The molecule has 0 radical (unpaired) electrons. The van der Waals surface area contributed by atoms with E-state index in [0.717, 1.165) is 0 Å². The average Bonchev–Trinajstić information content (AvgIpc) is 2.11. The minimum atomic E-state index is -1.49. The van der Waals surface area contributed by atoms with E-state index < -0.39 is 17.5 Å². The van der Waals surface area contributed by atoms with Crippen molar-refractivity contribution in [3.05, 3.63) is 0 Å². The fourth-order valence-electron chi connectivity index (χ4n) is 1.26. The van der Waals surface area contributed by atoms with Crippen LogP contribution in [0, 0.1) is 5.53 Å². The maximum atomic E-state index is 11.2. The highest BCUT2D eigenvalue weighted by Crippen LogP contribution is 2.10. The molecule has 1 aliphatic heterocycles. The molecule has 80 valence electrons. The van der Waals surface area contributed by atoms with E-state index in [1.54, 1.807) is 0 Å². The van der Waals surface area contributed by atoms with Crippen molar-refractivity contribution in [2.24, 2.45) is 0 Å². The molecule has 1 saturated heterocycles. The van der Waals surface area contributed by atoms with Crippen LogP contribution in [0.3, 0.4) is 0 Å². The maximum absolute atomic E-state index is 11.2. The third-order valence-corrected chi connectivity index (χ3v) is 2.10. The number of β-lactam (4-membered cyclic amide) rings is 1. The van der Waals surface area contributed by atoms with Gasteiger partial charge in [0.2, 0.25) is 5.91 Å². The van der Waals surface area contributed by atoms with E-state index >= 15 is 0 Å². The van der Waals surface area contributed by atoms with Gasteiger partial charge in [-0.3, -0.25) is 9.59 Å². The predicted molar refractivity (Wildman–Crippen MR) is 46.4 cm³/mol. The summed E-state index contributed by atoms with van der Waals surface area (Å²) in [6.45, 7) is 0. The molecule has 1 aliphatic rings. The number of hydrogen-bond acceptors (Lipinski definition) is 4. The highest BCUT2D eigenvalue weighted by atomic mass is 16.4. The van der Waals surface area contributed by atoms with Crippen LogP contribution < -0.4 is 5.32 Å². The Kier molecular flexibility index (Phi) is 3.30. The Labute approximate surface area is 84.7 Å². The number of rotatable bonds is 5. The molecule has 1 heterocycles. The van der Waals surface area contributed by atoms with Crippen molar-refractivity contribution in [2.45, 2.75) is 25.3 Å². The number of amides is 1. The van der Waals surface area contributed by atoms with Gasteiger partial charge in [0.1, 0.15) is 0 Å². The molecule has 1 unspecified atom stereocenters. The van der Waals surface area contributed by atoms with E-state index in [1.165, 1.54) is 0 Å². The number of nitrogens with one attached hydrogen (secondary N) is 2. The number of Topliss-reactive ketones (excluding diaryl/α,β-unsaturated/α-hetero) is 1. The zero-order valence-corrected chi connectivity index (χ0v) is 7.82. The van der Waals surface area contributed by atoms with Crippen molar-refractivity contribution in [2.75, 3.05) is 0 Å². The smallest absolute Gasteiger partial charge is 0.472 e. The Bertz CT molecular complexity index is 362. The number of carbonyl (C=O) groups is 3. The second-order valence-electron chi connectivity index (χ2n) is 3.20. The lowest BCUT2D eigenvalue weighted by atomic mass is 9.98. The zero-order chi connectivity index (χ0) is 11.4. The number of carboxylic acid groups (broad SMARTS) is 1. The molecule has 1 fully saturated rings. The second kappa shape index (κ2) is 4.47. The standard InChI is InChI=1S/C8H9N3O4/c9-11-7(8(14)15)5(12)2-1-4-3-6(13)10-4/h4,9H,1-3H2,(H-,10,13,14,15)/p+1. The highest BCUT2D eigenvalue weighted by Gasteiger charge is 2.33. The van der Waals surface area contributed by atoms with Crippen molar-refractivity contribution in [1.82, 2.24) is 5.32 Å². The van der Waals surface area contributed by atoms with Crippen molar-refractivity contribution < 1.29 is 24.3 Å². The minimum absolute atomic E-state index is 0.0189. The van der Waals surface area contributed by atoms with Crippen LogP contribution in [0.2, 0.25) is 0 Å². The first-order valence-corrected chi connectivity index (χ1v) is 4.35. The number of carboxylic acids is 1. The van der Waals surface area contributed by atoms with Crippen molar-refractivity contribution >= 4 is 23.4 Å². The van der Waals surface area contributed by atoms with Crippen LogP contribution >= 0.6 is 0 Å². The molecular weight excluding hydrogens is 202 g/mol. The van der Waals surface area contributed by atoms with E-state index in [2.05, 4.69) is 10.1 Å². The first-order chi connectivity index (χ1) is 7.04. The Morgan fingerprint density at radius 3 is 2.60 bits per heavy atom. The van der Waals surface area contributed by atoms with Crippen LogP contribution in [0.15, 0.2) is 0 Å². The van der Waals surface area contributed by atoms with Crippen molar-refractivity contribution in [3.8, 4) is 0 Å². The minimum Gasteiger partial charge on any atom is -0.472 e. The summed E-state index contributed by atoms with van der Waals surface area (Å²) in [4.78, 5) is 34.8. The molecule has 7 nitrogen and oxygen atoms in total. The summed E-state index contributed by atoms with van der Waals surface area (Å²) in [5.41, 5.74) is 5.75. The van der Waals surface area contributed by atoms with Crippen LogP contribution in [0.25, 0.3) is 0 Å². The van der Waals surface area contributed by atoms with Crippen molar-refractivity contribution in [3.63, 3.8) is 0 Å². The predicted octanol–water partition coefficient (Wildman–Crippen LogP) is -1.01. The number of hydrogen-bond donors (Lipinski definition) is 3.